The Kier molecular flexibility index (Phi) is 42.4. The van der Waals surface area contributed by atoms with Gasteiger partial charge in [-0.2, -0.15) is 0 Å². The first-order valence-corrected chi connectivity index (χ1v) is 18.8. The summed E-state index contributed by atoms with van der Waals surface area (Å²) in [6.45, 7) is 14.0. The Morgan fingerprint density at radius 3 is 0.730 bits per heavy atom. The molecular weight excluding hydrogens is 770 g/mol. The number of rotatable bonds is 26. The molecule has 216 valence electrons. The van der Waals surface area contributed by atoms with Crippen molar-refractivity contribution in [2.75, 3.05) is 26.2 Å². The maximum absolute atomic E-state index is 3.13. The van der Waals surface area contributed by atoms with Crippen molar-refractivity contribution < 1.29 is 19.5 Å². The van der Waals surface area contributed by atoms with E-state index >= 15 is 0 Å². The number of hydrogen-bond donors (Lipinski definition) is 0. The monoisotopic (exact) mass is 832 g/mol. The molecular formula is C30H60N2Se4Zn. The van der Waals surface area contributed by atoms with E-state index in [0.717, 1.165) is 0 Å². The minimum atomic E-state index is 0. The van der Waals surface area contributed by atoms with Crippen LogP contribution in [0.4, 0.5) is 0 Å². The third-order valence-electron chi connectivity index (χ3n) is 6.64. The summed E-state index contributed by atoms with van der Waals surface area (Å²) in [6.07, 6.45) is 27.4. The van der Waals surface area contributed by atoms with Gasteiger partial charge in [0.15, 0.2) is 0 Å². The molecule has 2 radical (unpaired) electrons. The smallest absolute Gasteiger partial charge is 0 e. The number of nitrogens with zero attached hydrogens (tertiary/aromatic N) is 2. The van der Waals surface area contributed by atoms with E-state index in [-0.39, 0.29) is 19.5 Å². The molecule has 37 heavy (non-hydrogen) atoms. The summed E-state index contributed by atoms with van der Waals surface area (Å²) in [5.74, 6) is 0. The molecule has 0 unspecified atom stereocenters. The molecule has 0 fully saturated rings. The van der Waals surface area contributed by atoms with E-state index in [1.807, 2.05) is 0 Å². The van der Waals surface area contributed by atoms with Crippen LogP contribution in [0.2, 0.25) is 0 Å². The minimum Gasteiger partial charge on any atom is 0 e. The summed E-state index contributed by atoms with van der Waals surface area (Å²) in [7, 11) is 0. The summed E-state index contributed by atoms with van der Waals surface area (Å²) < 4.78 is 2.50. The molecule has 0 aliphatic carbocycles. The van der Waals surface area contributed by atoms with Crippen LogP contribution in [0.25, 0.3) is 0 Å². The normalized spacial score (nSPS) is 10.3. The molecule has 0 spiro atoms. The van der Waals surface area contributed by atoms with E-state index in [0.29, 0.717) is 0 Å². The molecule has 0 saturated carbocycles. The van der Waals surface area contributed by atoms with Gasteiger partial charge < -0.3 is 0 Å². The predicted octanol–water partition coefficient (Wildman–Crippen LogP) is 7.30. The van der Waals surface area contributed by atoms with Crippen LogP contribution >= 0.6 is 0 Å². The van der Waals surface area contributed by atoms with Crippen molar-refractivity contribution in [1.29, 1.82) is 0 Å². The van der Waals surface area contributed by atoms with Crippen LogP contribution in [0.15, 0.2) is 0 Å². The number of hydrogen-bond acceptors (Lipinski definition) is 2. The molecule has 0 aromatic carbocycles. The average molecular weight is 830 g/mol. The van der Waals surface area contributed by atoms with Gasteiger partial charge in [-0.05, 0) is 0 Å². The van der Waals surface area contributed by atoms with Gasteiger partial charge in [0, 0.05) is 19.5 Å². The van der Waals surface area contributed by atoms with Gasteiger partial charge in [-0.25, -0.2) is 0 Å². The van der Waals surface area contributed by atoms with Crippen molar-refractivity contribution in [3.05, 3.63) is 0 Å². The molecule has 0 rings (SSSR count). The van der Waals surface area contributed by atoms with Gasteiger partial charge in [-0.3, -0.25) is 0 Å². The van der Waals surface area contributed by atoms with Crippen molar-refractivity contribution in [3.63, 3.8) is 0 Å². The first kappa shape index (κ1) is 43.5. The second kappa shape index (κ2) is 36.1. The van der Waals surface area contributed by atoms with Gasteiger partial charge in [-0.1, -0.05) is 0 Å². The van der Waals surface area contributed by atoms with Gasteiger partial charge in [-0.15, -0.1) is 0 Å². The van der Waals surface area contributed by atoms with Crippen LogP contribution in [-0.4, -0.2) is 106 Å². The van der Waals surface area contributed by atoms with E-state index in [1.54, 1.807) is 0 Å². The molecule has 0 aromatic heterocycles. The fourth-order valence-corrected chi connectivity index (χ4v) is 5.75. The molecule has 7 heteroatoms. The molecule has 0 saturated heterocycles. The fraction of sp³-hybridized carbons (Fsp3) is 0.933. The Hall–Kier alpha value is 2.04. The third kappa shape index (κ3) is 34.1. The maximum Gasteiger partial charge on any atom is 0 e. The SMILES string of the molecule is CCCCCCCN(CCCCCCC)C([Se])=[Se].CCCCCCCN(CCCCCCC)C([Se])=[Se].[Zn]. The van der Waals surface area contributed by atoms with E-state index in [1.165, 1.54) is 161 Å². The van der Waals surface area contributed by atoms with Crippen molar-refractivity contribution in [2.24, 2.45) is 0 Å². The zero-order valence-corrected chi connectivity index (χ0v) is 35.0. The Bertz CT molecular complexity index is 410. The molecule has 0 N–H and O–H groups in total. The quantitative estimate of drug-likeness (QED) is 0.0668. The van der Waals surface area contributed by atoms with Crippen LogP contribution in [0.1, 0.15) is 156 Å². The van der Waals surface area contributed by atoms with Crippen LogP contribution < -0.4 is 0 Å². The summed E-state index contributed by atoms with van der Waals surface area (Å²) in [5, 5.41) is 0. The van der Waals surface area contributed by atoms with Gasteiger partial charge >= 0.3 is 262 Å². The summed E-state index contributed by atoms with van der Waals surface area (Å²) in [4.78, 5) is 4.97. The average Bonchev–Trinajstić information content (AvgIpc) is 2.85. The van der Waals surface area contributed by atoms with Crippen LogP contribution in [0.5, 0.6) is 0 Å². The maximum atomic E-state index is 3.13. The summed E-state index contributed by atoms with van der Waals surface area (Å²) >= 11 is 12.5. The molecule has 0 atom stereocenters. The molecule has 2 nitrogen and oxygen atoms in total. The van der Waals surface area contributed by atoms with Crippen LogP contribution in [-0.2, 0) is 19.5 Å². The van der Waals surface area contributed by atoms with Gasteiger partial charge in [0.1, 0.15) is 0 Å². The molecule has 0 aliphatic heterocycles. The van der Waals surface area contributed by atoms with Gasteiger partial charge in [0.05, 0.1) is 0 Å². The fourth-order valence-electron chi connectivity index (χ4n) is 4.21. The Morgan fingerprint density at radius 1 is 0.378 bits per heavy atom. The predicted molar refractivity (Wildman–Crippen MR) is 171 cm³/mol. The van der Waals surface area contributed by atoms with Gasteiger partial charge in [0.25, 0.3) is 0 Å². The first-order valence-electron chi connectivity index (χ1n) is 15.4. The standard InChI is InChI=1S/2C15H30NSe2.Zn/c2*1-3-5-7-9-11-13-16(15(17)18)14-12-10-8-6-4-2;/h2*3-14H2,1-2H3;. The zero-order chi connectivity index (χ0) is 27.3. The van der Waals surface area contributed by atoms with Crippen molar-refractivity contribution in [2.45, 2.75) is 156 Å². The van der Waals surface area contributed by atoms with Crippen molar-refractivity contribution in [1.82, 2.24) is 9.80 Å². The number of unbranched alkanes of at least 4 members (excludes halogenated alkanes) is 16. The second-order valence-electron chi connectivity index (χ2n) is 10.2. The van der Waals surface area contributed by atoms with Crippen molar-refractivity contribution in [3.8, 4) is 0 Å². The molecule has 0 amide bonds. The largest absolute Gasteiger partial charge is 0 e. The van der Waals surface area contributed by atoms with Crippen molar-refractivity contribution >= 4 is 70.1 Å². The second-order valence-corrected chi connectivity index (χ2v) is 16.0. The first-order chi connectivity index (χ1) is 17.4. The minimum absolute atomic E-state index is 0. The molecule has 0 bridgehead atoms. The van der Waals surface area contributed by atoms with Crippen LogP contribution in [0.3, 0.4) is 0 Å². The topological polar surface area (TPSA) is 6.48 Å². The van der Waals surface area contributed by atoms with Gasteiger partial charge in [0.2, 0.25) is 0 Å². The Balaban J connectivity index is -0.000000608. The molecule has 0 aliphatic rings. The summed E-state index contributed by atoms with van der Waals surface area (Å²) in [6, 6.07) is 0. The van der Waals surface area contributed by atoms with E-state index in [4.69, 9.17) is 0 Å². The Morgan fingerprint density at radius 2 is 0.568 bits per heavy atom. The third-order valence-corrected chi connectivity index (χ3v) is 8.81. The zero-order valence-electron chi connectivity index (χ0n) is 25.2. The Labute approximate surface area is 279 Å². The summed E-state index contributed by atoms with van der Waals surface area (Å²) in [5.41, 5.74) is 0. The van der Waals surface area contributed by atoms with Crippen LogP contribution in [0, 0.1) is 0 Å². The molecule has 0 heterocycles. The molecule has 0 aromatic rings. The van der Waals surface area contributed by atoms with E-state index < -0.39 is 0 Å². The van der Waals surface area contributed by atoms with E-state index in [2.05, 4.69) is 101 Å². The van der Waals surface area contributed by atoms with E-state index in [9.17, 15) is 0 Å².